The Morgan fingerprint density at radius 3 is 2.47 bits per heavy atom. The molecule has 0 aliphatic carbocycles. The van der Waals surface area contributed by atoms with Gasteiger partial charge in [-0.3, -0.25) is 0 Å². The van der Waals surface area contributed by atoms with Crippen molar-refractivity contribution in [1.82, 2.24) is 15.5 Å². The fourth-order valence-corrected chi connectivity index (χ4v) is 1.96. The summed E-state index contributed by atoms with van der Waals surface area (Å²) in [5.74, 6) is 0. The molecular formula is C10H18F3N3O. The number of hydrogen-bond acceptors (Lipinski definition) is 2. The van der Waals surface area contributed by atoms with Crippen LogP contribution >= 0.6 is 0 Å². The number of alkyl halides is 3. The van der Waals surface area contributed by atoms with Gasteiger partial charge in [0.1, 0.15) is 6.54 Å². The summed E-state index contributed by atoms with van der Waals surface area (Å²) >= 11 is 0. The summed E-state index contributed by atoms with van der Waals surface area (Å²) in [6.07, 6.45) is -2.79. The molecule has 1 heterocycles. The van der Waals surface area contributed by atoms with E-state index in [0.29, 0.717) is 6.54 Å². The number of hydrogen-bond donors (Lipinski definition) is 2. The molecule has 17 heavy (non-hydrogen) atoms. The first kappa shape index (κ1) is 14.1. The lowest BCUT2D eigenvalue weighted by atomic mass is 10.1. The molecular weight excluding hydrogens is 235 g/mol. The molecule has 0 atom stereocenters. The van der Waals surface area contributed by atoms with Gasteiger partial charge in [0.2, 0.25) is 0 Å². The van der Waals surface area contributed by atoms with Crippen LogP contribution < -0.4 is 10.6 Å². The second-order valence-electron chi connectivity index (χ2n) is 4.04. The zero-order valence-corrected chi connectivity index (χ0v) is 9.81. The molecule has 0 unspecified atom stereocenters. The van der Waals surface area contributed by atoms with Crippen molar-refractivity contribution in [2.24, 2.45) is 0 Å². The fraction of sp³-hybridized carbons (Fsp3) is 0.900. The van der Waals surface area contributed by atoms with E-state index in [2.05, 4.69) is 5.32 Å². The zero-order chi connectivity index (χ0) is 12.9. The van der Waals surface area contributed by atoms with Gasteiger partial charge in [0, 0.05) is 12.6 Å². The highest BCUT2D eigenvalue weighted by atomic mass is 19.4. The quantitative estimate of drug-likeness (QED) is 0.797. The van der Waals surface area contributed by atoms with E-state index in [9.17, 15) is 18.0 Å². The number of urea groups is 1. The second-order valence-corrected chi connectivity index (χ2v) is 4.04. The molecule has 0 aromatic rings. The highest BCUT2D eigenvalue weighted by Gasteiger charge is 2.30. The van der Waals surface area contributed by atoms with Crippen molar-refractivity contribution in [2.75, 3.05) is 26.2 Å². The smallest absolute Gasteiger partial charge is 0.329 e. The monoisotopic (exact) mass is 253 g/mol. The lowest BCUT2D eigenvalue weighted by Gasteiger charge is -2.34. The van der Waals surface area contributed by atoms with Gasteiger partial charge < -0.3 is 15.5 Å². The lowest BCUT2D eigenvalue weighted by Crippen LogP contribution is -2.51. The number of rotatable bonds is 3. The van der Waals surface area contributed by atoms with Gasteiger partial charge in [-0.15, -0.1) is 0 Å². The highest BCUT2D eigenvalue weighted by Crippen LogP contribution is 2.14. The zero-order valence-electron chi connectivity index (χ0n) is 9.81. The van der Waals surface area contributed by atoms with Gasteiger partial charge in [0.25, 0.3) is 0 Å². The first-order valence-electron chi connectivity index (χ1n) is 5.76. The predicted molar refractivity (Wildman–Crippen MR) is 57.7 cm³/mol. The van der Waals surface area contributed by atoms with Crippen molar-refractivity contribution in [1.29, 1.82) is 0 Å². The first-order chi connectivity index (χ1) is 7.94. The Morgan fingerprint density at radius 2 is 2.00 bits per heavy atom. The van der Waals surface area contributed by atoms with Crippen LogP contribution in [0.5, 0.6) is 0 Å². The summed E-state index contributed by atoms with van der Waals surface area (Å²) in [7, 11) is 0. The molecule has 4 nitrogen and oxygen atoms in total. The SMILES string of the molecule is CCN(C(=O)NCC(F)(F)F)C1CCNCC1. The second kappa shape index (κ2) is 6.09. The maximum Gasteiger partial charge on any atom is 0.405 e. The number of halogens is 3. The molecule has 0 bridgehead atoms. The Labute approximate surface area is 98.5 Å². The first-order valence-corrected chi connectivity index (χ1v) is 5.76. The molecule has 100 valence electrons. The van der Waals surface area contributed by atoms with E-state index in [1.54, 1.807) is 6.92 Å². The predicted octanol–water partition coefficient (Wildman–Crippen LogP) is 1.33. The minimum atomic E-state index is -4.36. The fourth-order valence-electron chi connectivity index (χ4n) is 1.96. The van der Waals surface area contributed by atoms with Crippen LogP contribution in [-0.4, -0.2) is 49.3 Å². The summed E-state index contributed by atoms with van der Waals surface area (Å²) in [5.41, 5.74) is 0. The van der Waals surface area contributed by atoms with Crippen LogP contribution in [0.3, 0.4) is 0 Å². The molecule has 1 rings (SSSR count). The normalized spacial score (nSPS) is 17.9. The number of carbonyl (C=O) groups is 1. The van der Waals surface area contributed by atoms with Crippen molar-refractivity contribution in [3.63, 3.8) is 0 Å². The maximum atomic E-state index is 12.0. The van der Waals surface area contributed by atoms with Crippen LogP contribution in [0, 0.1) is 0 Å². The van der Waals surface area contributed by atoms with E-state index in [1.165, 1.54) is 4.90 Å². The van der Waals surface area contributed by atoms with Crippen molar-refractivity contribution < 1.29 is 18.0 Å². The molecule has 0 aromatic heterocycles. The van der Waals surface area contributed by atoms with Crippen LogP contribution in [0.2, 0.25) is 0 Å². The van der Waals surface area contributed by atoms with Crippen molar-refractivity contribution in [2.45, 2.75) is 32.0 Å². The van der Waals surface area contributed by atoms with Gasteiger partial charge in [0.05, 0.1) is 0 Å². The highest BCUT2D eigenvalue weighted by molar-refractivity contribution is 5.74. The summed E-state index contributed by atoms with van der Waals surface area (Å²) in [4.78, 5) is 13.1. The van der Waals surface area contributed by atoms with Gasteiger partial charge in [-0.2, -0.15) is 13.2 Å². The Kier molecular flexibility index (Phi) is 5.04. The third-order valence-corrected chi connectivity index (χ3v) is 2.79. The standard InChI is InChI=1S/C10H18F3N3O/c1-2-16(8-3-5-14-6-4-8)9(17)15-7-10(11,12)13/h8,14H,2-7H2,1H3,(H,15,17). The number of amides is 2. The van der Waals surface area contributed by atoms with E-state index in [4.69, 9.17) is 0 Å². The van der Waals surface area contributed by atoms with Gasteiger partial charge in [-0.05, 0) is 32.9 Å². The van der Waals surface area contributed by atoms with E-state index in [1.807, 2.05) is 5.32 Å². The molecule has 1 fully saturated rings. The molecule has 1 aliphatic heterocycles. The number of carbonyl (C=O) groups excluding carboxylic acids is 1. The topological polar surface area (TPSA) is 44.4 Å². The van der Waals surface area contributed by atoms with Crippen LogP contribution in [0.25, 0.3) is 0 Å². The van der Waals surface area contributed by atoms with Gasteiger partial charge in [-0.25, -0.2) is 4.79 Å². The average molecular weight is 253 g/mol. The Hall–Kier alpha value is -0.980. The molecule has 2 N–H and O–H groups in total. The minimum absolute atomic E-state index is 0.0366. The molecule has 0 radical (unpaired) electrons. The molecule has 7 heteroatoms. The van der Waals surface area contributed by atoms with Gasteiger partial charge in [-0.1, -0.05) is 0 Å². The Balaban J connectivity index is 2.45. The van der Waals surface area contributed by atoms with E-state index < -0.39 is 18.8 Å². The van der Waals surface area contributed by atoms with Crippen molar-refractivity contribution >= 4 is 6.03 Å². The van der Waals surface area contributed by atoms with Crippen LogP contribution in [-0.2, 0) is 0 Å². The number of piperidine rings is 1. The minimum Gasteiger partial charge on any atom is -0.329 e. The van der Waals surface area contributed by atoms with E-state index >= 15 is 0 Å². The van der Waals surface area contributed by atoms with Crippen LogP contribution in [0.1, 0.15) is 19.8 Å². The average Bonchev–Trinajstić information content (AvgIpc) is 2.28. The van der Waals surface area contributed by atoms with E-state index in [0.717, 1.165) is 25.9 Å². The Morgan fingerprint density at radius 1 is 1.41 bits per heavy atom. The summed E-state index contributed by atoms with van der Waals surface area (Å²) in [6.45, 7) is 2.53. The van der Waals surface area contributed by atoms with E-state index in [-0.39, 0.29) is 6.04 Å². The molecule has 2 amide bonds. The molecule has 1 aliphatic rings. The lowest BCUT2D eigenvalue weighted by molar-refractivity contribution is -0.123. The summed E-state index contributed by atoms with van der Waals surface area (Å²) in [6, 6.07) is -0.591. The number of nitrogens with zero attached hydrogens (tertiary/aromatic N) is 1. The largest absolute Gasteiger partial charge is 0.405 e. The van der Waals surface area contributed by atoms with Gasteiger partial charge in [0.15, 0.2) is 0 Å². The molecule has 0 spiro atoms. The van der Waals surface area contributed by atoms with Crippen molar-refractivity contribution in [3.05, 3.63) is 0 Å². The van der Waals surface area contributed by atoms with Crippen LogP contribution in [0.4, 0.5) is 18.0 Å². The van der Waals surface area contributed by atoms with Gasteiger partial charge >= 0.3 is 12.2 Å². The third-order valence-electron chi connectivity index (χ3n) is 2.79. The molecule has 0 saturated carbocycles. The maximum absolute atomic E-state index is 12.0. The molecule has 0 aromatic carbocycles. The molecule has 1 saturated heterocycles. The Bertz CT molecular complexity index is 252. The van der Waals surface area contributed by atoms with Crippen molar-refractivity contribution in [3.8, 4) is 0 Å². The van der Waals surface area contributed by atoms with Crippen LogP contribution in [0.15, 0.2) is 0 Å². The summed E-state index contributed by atoms with van der Waals surface area (Å²) < 4.78 is 35.9. The third kappa shape index (κ3) is 4.80. The number of nitrogens with one attached hydrogen (secondary N) is 2. The summed E-state index contributed by atoms with van der Waals surface area (Å²) in [5, 5.41) is 5.06.